The van der Waals surface area contributed by atoms with Gasteiger partial charge in [-0.1, -0.05) is 12.1 Å². The molecular weight excluding hydrogens is 554 g/mol. The molecule has 11 heteroatoms. The van der Waals surface area contributed by atoms with Crippen molar-refractivity contribution in [2.75, 3.05) is 44.8 Å². The Bertz CT molecular complexity index is 1730. The number of rotatable bonds is 6. The Kier molecular flexibility index (Phi) is 6.39. The molecule has 0 spiro atoms. The second kappa shape index (κ2) is 10.2. The number of hydrogen-bond acceptors (Lipinski definition) is 9. The molecule has 2 bridgehead atoms. The Hall–Kier alpha value is -3.67. The summed E-state index contributed by atoms with van der Waals surface area (Å²) in [7, 11) is 1.75. The van der Waals surface area contributed by atoms with Crippen molar-refractivity contribution in [3.8, 4) is 23.0 Å². The molecule has 4 fully saturated rings. The maximum Gasteiger partial charge on any atom is 0.319 e. The molecule has 4 aliphatic rings. The van der Waals surface area contributed by atoms with Crippen LogP contribution >= 0.6 is 0 Å². The maximum atomic E-state index is 16.6. The Morgan fingerprint density at radius 2 is 1.95 bits per heavy atom. The highest BCUT2D eigenvalue weighted by atomic mass is 19.1. The molecule has 8 rings (SSSR count). The number of fused-ring (bicyclic) bond motifs is 5. The molecule has 2 aromatic carbocycles. The van der Waals surface area contributed by atoms with Crippen molar-refractivity contribution < 1.29 is 23.4 Å². The topological polar surface area (TPSA) is 95.9 Å². The van der Waals surface area contributed by atoms with E-state index in [1.807, 2.05) is 0 Å². The molecule has 0 saturated carbocycles. The van der Waals surface area contributed by atoms with Crippen molar-refractivity contribution in [1.29, 1.82) is 0 Å². The Morgan fingerprint density at radius 3 is 2.77 bits per heavy atom. The summed E-state index contributed by atoms with van der Waals surface area (Å²) in [6.45, 7) is 3.72. The molecule has 6 heterocycles. The van der Waals surface area contributed by atoms with Crippen molar-refractivity contribution in [1.82, 2.24) is 25.2 Å². The summed E-state index contributed by atoms with van der Waals surface area (Å²) >= 11 is 0. The van der Waals surface area contributed by atoms with Gasteiger partial charge in [0.1, 0.15) is 35.2 Å². The van der Waals surface area contributed by atoms with Gasteiger partial charge >= 0.3 is 6.01 Å². The predicted molar refractivity (Wildman–Crippen MR) is 158 cm³/mol. The third-order valence-electron chi connectivity index (χ3n) is 9.90. The number of pyridine rings is 1. The molecule has 0 aliphatic carbocycles. The highest BCUT2D eigenvalue weighted by Crippen LogP contribution is 2.41. The standard InChI is InChI=1S/C32H34F2N6O3/c1-42-22-12-32(8-3-9-40(32)16-22)17-43-31-37-29-24(30(38-31)39-14-19-6-7-20(15-39)36-19)13-35-28(27(29)34)23-11-21(41)10-18-4-2-5-25(33)26(18)23/h2,4-5,10-11,13,19-20,22,36,41H,3,6-9,12,14-17H2,1H3. The number of methoxy groups -OCH3 is 1. The fourth-order valence-electron chi connectivity index (χ4n) is 7.86. The van der Waals surface area contributed by atoms with Crippen LogP contribution in [0.5, 0.6) is 11.8 Å². The summed E-state index contributed by atoms with van der Waals surface area (Å²) in [5.41, 5.74) is -0.0281. The molecule has 224 valence electrons. The van der Waals surface area contributed by atoms with Crippen LogP contribution in [0.15, 0.2) is 36.5 Å². The molecule has 4 aromatic rings. The molecule has 4 saturated heterocycles. The number of halogens is 2. The minimum Gasteiger partial charge on any atom is -0.508 e. The van der Waals surface area contributed by atoms with Crippen molar-refractivity contribution in [3.05, 3.63) is 48.2 Å². The summed E-state index contributed by atoms with van der Waals surface area (Å²) < 4.78 is 43.7. The van der Waals surface area contributed by atoms with Gasteiger partial charge in [0.15, 0.2) is 5.82 Å². The quantitative estimate of drug-likeness (QED) is 0.340. The van der Waals surface area contributed by atoms with Gasteiger partial charge in [-0.25, -0.2) is 8.78 Å². The van der Waals surface area contributed by atoms with Crippen LogP contribution in [-0.4, -0.2) is 88.6 Å². The maximum absolute atomic E-state index is 16.6. The number of nitrogens with one attached hydrogen (secondary N) is 1. The summed E-state index contributed by atoms with van der Waals surface area (Å²) in [5, 5.41) is 15.2. The van der Waals surface area contributed by atoms with E-state index in [0.717, 1.165) is 58.3 Å². The molecule has 2 aromatic heterocycles. The van der Waals surface area contributed by atoms with Gasteiger partial charge in [0.2, 0.25) is 0 Å². The van der Waals surface area contributed by atoms with Crippen LogP contribution < -0.4 is 15.0 Å². The van der Waals surface area contributed by atoms with E-state index in [1.54, 1.807) is 25.4 Å². The fraction of sp³-hybridized carbons (Fsp3) is 0.469. The zero-order valence-corrected chi connectivity index (χ0v) is 24.0. The fourth-order valence-corrected chi connectivity index (χ4v) is 7.86. The normalized spacial score (nSPS) is 27.0. The van der Waals surface area contributed by atoms with E-state index >= 15 is 8.78 Å². The Balaban J connectivity index is 1.24. The van der Waals surface area contributed by atoms with Crippen LogP contribution in [0.25, 0.3) is 32.9 Å². The first-order valence-electron chi connectivity index (χ1n) is 15.1. The lowest BCUT2D eigenvalue weighted by atomic mass is 9.94. The summed E-state index contributed by atoms with van der Waals surface area (Å²) in [6, 6.07) is 8.12. The van der Waals surface area contributed by atoms with E-state index in [4.69, 9.17) is 14.5 Å². The first kappa shape index (κ1) is 26.9. The minimum atomic E-state index is -0.708. The lowest BCUT2D eigenvalue weighted by molar-refractivity contribution is 0.0997. The van der Waals surface area contributed by atoms with Crippen molar-refractivity contribution in [2.24, 2.45) is 0 Å². The molecule has 4 aliphatic heterocycles. The third-order valence-corrected chi connectivity index (χ3v) is 9.90. The first-order chi connectivity index (χ1) is 20.9. The lowest BCUT2D eigenvalue weighted by Crippen LogP contribution is -2.51. The number of hydrogen-bond donors (Lipinski definition) is 2. The number of phenols is 1. The largest absolute Gasteiger partial charge is 0.508 e. The number of phenolic OH excluding ortho intramolecular Hbond substituents is 1. The average Bonchev–Trinajstić information content (AvgIpc) is 3.67. The summed E-state index contributed by atoms with van der Waals surface area (Å²) in [4.78, 5) is 18.6. The zero-order chi connectivity index (χ0) is 29.3. The van der Waals surface area contributed by atoms with Crippen LogP contribution in [0.1, 0.15) is 32.1 Å². The number of aromatic hydroxyl groups is 1. The molecule has 2 N–H and O–H groups in total. The number of piperazine rings is 1. The molecule has 0 amide bonds. The van der Waals surface area contributed by atoms with Crippen LogP contribution in [0.2, 0.25) is 0 Å². The first-order valence-corrected chi connectivity index (χ1v) is 15.1. The third kappa shape index (κ3) is 4.47. The van der Waals surface area contributed by atoms with E-state index in [-0.39, 0.29) is 45.6 Å². The minimum absolute atomic E-state index is 0.0608. The smallest absolute Gasteiger partial charge is 0.319 e. The Morgan fingerprint density at radius 1 is 1.12 bits per heavy atom. The summed E-state index contributed by atoms with van der Waals surface area (Å²) in [6.07, 6.45) is 6.82. The van der Waals surface area contributed by atoms with Gasteiger partial charge in [0.25, 0.3) is 0 Å². The van der Waals surface area contributed by atoms with Crippen LogP contribution in [0, 0.1) is 11.6 Å². The van der Waals surface area contributed by atoms with Crippen LogP contribution in [0.4, 0.5) is 14.6 Å². The highest BCUT2D eigenvalue weighted by Gasteiger charge is 2.49. The summed E-state index contributed by atoms with van der Waals surface area (Å²) in [5.74, 6) is -0.751. The van der Waals surface area contributed by atoms with Gasteiger partial charge in [-0.05, 0) is 62.2 Å². The monoisotopic (exact) mass is 588 g/mol. The molecule has 4 unspecified atom stereocenters. The van der Waals surface area contributed by atoms with E-state index < -0.39 is 11.6 Å². The molecule has 4 atom stereocenters. The second-order valence-corrected chi connectivity index (χ2v) is 12.5. The van der Waals surface area contributed by atoms with Gasteiger partial charge in [0, 0.05) is 56.0 Å². The molecule has 9 nitrogen and oxygen atoms in total. The van der Waals surface area contributed by atoms with Gasteiger partial charge in [-0.15, -0.1) is 0 Å². The number of anilines is 1. The van der Waals surface area contributed by atoms with Gasteiger partial charge in [0.05, 0.1) is 17.0 Å². The molecule has 0 radical (unpaired) electrons. The number of ether oxygens (including phenoxy) is 2. The van der Waals surface area contributed by atoms with Crippen molar-refractivity contribution in [3.63, 3.8) is 0 Å². The van der Waals surface area contributed by atoms with E-state index in [9.17, 15) is 5.11 Å². The molecule has 43 heavy (non-hydrogen) atoms. The van der Waals surface area contributed by atoms with E-state index in [0.29, 0.717) is 35.3 Å². The predicted octanol–water partition coefficient (Wildman–Crippen LogP) is 4.40. The van der Waals surface area contributed by atoms with Crippen molar-refractivity contribution >= 4 is 27.5 Å². The van der Waals surface area contributed by atoms with Crippen LogP contribution in [-0.2, 0) is 4.74 Å². The Labute approximate surface area is 247 Å². The van der Waals surface area contributed by atoms with Gasteiger partial charge in [-0.2, -0.15) is 9.97 Å². The highest BCUT2D eigenvalue weighted by molar-refractivity contribution is 6.00. The second-order valence-electron chi connectivity index (χ2n) is 12.5. The lowest BCUT2D eigenvalue weighted by Gasteiger charge is -2.34. The van der Waals surface area contributed by atoms with Gasteiger partial charge in [-0.3, -0.25) is 9.88 Å². The van der Waals surface area contributed by atoms with Crippen molar-refractivity contribution in [2.45, 2.75) is 55.8 Å². The van der Waals surface area contributed by atoms with E-state index in [2.05, 4.69) is 25.1 Å². The van der Waals surface area contributed by atoms with Crippen LogP contribution in [0.3, 0.4) is 0 Å². The average molecular weight is 589 g/mol. The number of benzene rings is 2. The number of nitrogens with zero attached hydrogens (tertiary/aromatic N) is 5. The number of aromatic nitrogens is 3. The van der Waals surface area contributed by atoms with E-state index in [1.165, 1.54) is 18.2 Å². The SMILES string of the molecule is COC1CN2CCCC2(COc2nc(N3CC4CCC(C3)N4)c3cnc(-c4cc(O)cc5cccc(F)c45)c(F)c3n2)C1. The van der Waals surface area contributed by atoms with Gasteiger partial charge < -0.3 is 24.8 Å². The molecular formula is C32H34F2N6O3. The zero-order valence-electron chi connectivity index (χ0n) is 24.0.